The van der Waals surface area contributed by atoms with Crippen LogP contribution in [0.15, 0.2) is 47.5 Å². The fourth-order valence-electron chi connectivity index (χ4n) is 9.52. The van der Waals surface area contributed by atoms with E-state index in [9.17, 15) is 19.2 Å². The lowest BCUT2D eigenvalue weighted by atomic mass is 9.65. The van der Waals surface area contributed by atoms with E-state index in [0.29, 0.717) is 47.3 Å². The third-order valence-corrected chi connectivity index (χ3v) is 14.1. The SMILES string of the molecule is Cc1sc2c(c1C)C(c1ccc(Cl)cc1)=N[C@@H](CC(=O)NCCN1CC3(CCC(c4ccc5c(c4)CN(C4CCC(=O)NC4=O)C5=O)CC3)C1)c1nnc(C)n1-2. The van der Waals surface area contributed by atoms with Crippen molar-refractivity contribution in [1.82, 2.24) is 35.2 Å². The minimum absolute atomic E-state index is 0.0633. The van der Waals surface area contributed by atoms with E-state index in [1.165, 1.54) is 10.4 Å². The fraction of sp³-hybridized carbons (Fsp3) is 0.452. The number of nitrogens with one attached hydrogen (secondary N) is 2. The first kappa shape index (κ1) is 36.9. The van der Waals surface area contributed by atoms with Gasteiger partial charge in [0.2, 0.25) is 17.7 Å². The van der Waals surface area contributed by atoms with Crippen LogP contribution in [0.5, 0.6) is 0 Å². The molecule has 0 bridgehead atoms. The highest BCUT2D eigenvalue weighted by Gasteiger charge is 2.45. The van der Waals surface area contributed by atoms with E-state index in [0.717, 1.165) is 84.1 Å². The van der Waals surface area contributed by atoms with Gasteiger partial charge in [0.1, 0.15) is 22.9 Å². The van der Waals surface area contributed by atoms with Crippen LogP contribution in [0.4, 0.5) is 0 Å². The van der Waals surface area contributed by atoms with Crippen LogP contribution in [0.2, 0.25) is 5.02 Å². The number of carbonyl (C=O) groups is 4. The quantitative estimate of drug-likeness (QED) is 0.217. The number of aliphatic imine (C=N–C) groups is 1. The van der Waals surface area contributed by atoms with Crippen molar-refractivity contribution in [3.8, 4) is 5.00 Å². The van der Waals surface area contributed by atoms with Crippen molar-refractivity contribution in [2.45, 2.75) is 90.3 Å². The van der Waals surface area contributed by atoms with E-state index >= 15 is 0 Å². The summed E-state index contributed by atoms with van der Waals surface area (Å²) in [5, 5.41) is 16.2. The lowest BCUT2D eigenvalue weighted by Gasteiger charge is -2.54. The molecule has 12 nitrogen and oxygen atoms in total. The van der Waals surface area contributed by atoms with Crippen molar-refractivity contribution in [2.24, 2.45) is 10.4 Å². The Morgan fingerprint density at radius 3 is 2.54 bits per heavy atom. The molecular weight excluding hydrogens is 748 g/mol. The number of amides is 4. The standard InChI is InChI=1S/C42H45ClN8O4S/c1-23-24(2)56-41-36(23)37(27-4-7-30(43)8-5-27)45-32(38-48-47-25(3)51(38)41)19-35(53)44-16-17-49-21-42(22-49)14-12-26(13-15-42)28-6-9-31-29(18-28)20-50(40(31)55)33-10-11-34(52)46-39(33)54/h4-9,18,26,32-33H,10-17,19-22H2,1-3H3,(H,44,53)(H,46,52,54)/t32-,33?/m0/s1. The summed E-state index contributed by atoms with van der Waals surface area (Å²) < 4.78 is 2.07. The Morgan fingerprint density at radius 2 is 1.79 bits per heavy atom. The molecule has 1 aliphatic carbocycles. The number of hydrogen-bond donors (Lipinski definition) is 2. The van der Waals surface area contributed by atoms with Gasteiger partial charge in [-0.15, -0.1) is 21.5 Å². The number of thiophene rings is 1. The molecule has 3 fully saturated rings. The molecule has 56 heavy (non-hydrogen) atoms. The Balaban J connectivity index is 0.787. The molecule has 4 aliphatic heterocycles. The van der Waals surface area contributed by atoms with Crippen LogP contribution in [-0.4, -0.2) is 86.1 Å². The zero-order valence-corrected chi connectivity index (χ0v) is 33.4. The number of aryl methyl sites for hydroxylation is 2. The molecule has 14 heteroatoms. The van der Waals surface area contributed by atoms with Gasteiger partial charge in [0.15, 0.2) is 5.82 Å². The number of hydrogen-bond acceptors (Lipinski definition) is 9. The van der Waals surface area contributed by atoms with E-state index in [2.05, 4.69) is 56.3 Å². The molecule has 1 spiro atoms. The first-order valence-electron chi connectivity index (χ1n) is 19.6. The number of piperidine rings is 1. The highest BCUT2D eigenvalue weighted by Crippen LogP contribution is 2.48. The molecular formula is C42H45ClN8O4S. The summed E-state index contributed by atoms with van der Waals surface area (Å²) in [4.78, 5) is 61.3. The van der Waals surface area contributed by atoms with Crippen LogP contribution >= 0.6 is 22.9 Å². The van der Waals surface area contributed by atoms with E-state index in [4.69, 9.17) is 16.6 Å². The van der Waals surface area contributed by atoms with Crippen molar-refractivity contribution in [1.29, 1.82) is 0 Å². The van der Waals surface area contributed by atoms with Gasteiger partial charge in [-0.25, -0.2) is 0 Å². The predicted octanol–water partition coefficient (Wildman–Crippen LogP) is 5.73. The minimum atomic E-state index is -0.596. The summed E-state index contributed by atoms with van der Waals surface area (Å²) in [7, 11) is 0. The van der Waals surface area contributed by atoms with Crippen LogP contribution in [0.3, 0.4) is 0 Å². The second-order valence-electron chi connectivity index (χ2n) is 16.3. The predicted molar refractivity (Wildman–Crippen MR) is 213 cm³/mol. The average molecular weight is 793 g/mol. The lowest BCUT2D eigenvalue weighted by molar-refractivity contribution is -0.137. The summed E-state index contributed by atoms with van der Waals surface area (Å²) in [6, 6.07) is 12.8. The molecule has 1 saturated carbocycles. The molecule has 2 atom stereocenters. The maximum Gasteiger partial charge on any atom is 0.255 e. The maximum atomic E-state index is 13.5. The Labute approximate surface area is 334 Å². The zero-order valence-electron chi connectivity index (χ0n) is 31.9. The van der Waals surface area contributed by atoms with Gasteiger partial charge in [-0.3, -0.25) is 34.1 Å². The fourth-order valence-corrected chi connectivity index (χ4v) is 10.9. The van der Waals surface area contributed by atoms with E-state index in [1.54, 1.807) is 16.2 Å². The van der Waals surface area contributed by atoms with Crippen molar-refractivity contribution >= 4 is 52.3 Å². The van der Waals surface area contributed by atoms with E-state index < -0.39 is 12.1 Å². The number of benzene rings is 2. The largest absolute Gasteiger partial charge is 0.355 e. The van der Waals surface area contributed by atoms with Crippen molar-refractivity contribution < 1.29 is 19.2 Å². The lowest BCUT2D eigenvalue weighted by Crippen LogP contribution is -2.58. The highest BCUT2D eigenvalue weighted by atomic mass is 35.5. The molecule has 0 radical (unpaired) electrons. The van der Waals surface area contributed by atoms with Crippen molar-refractivity contribution in [2.75, 3.05) is 26.2 Å². The number of halogens is 1. The van der Waals surface area contributed by atoms with E-state index in [1.807, 2.05) is 37.3 Å². The van der Waals surface area contributed by atoms with Gasteiger partial charge in [-0.2, -0.15) is 0 Å². The molecule has 2 aromatic carbocycles. The van der Waals surface area contributed by atoms with Crippen LogP contribution in [-0.2, 0) is 20.9 Å². The number of rotatable bonds is 8. The minimum Gasteiger partial charge on any atom is -0.355 e. The molecule has 5 aliphatic rings. The molecule has 1 unspecified atom stereocenters. The van der Waals surface area contributed by atoms with Crippen molar-refractivity contribution in [3.63, 3.8) is 0 Å². The summed E-state index contributed by atoms with van der Waals surface area (Å²) in [6.45, 7) is 10.0. The van der Waals surface area contributed by atoms with Crippen LogP contribution < -0.4 is 10.6 Å². The highest BCUT2D eigenvalue weighted by molar-refractivity contribution is 7.15. The molecule has 4 amide bonds. The van der Waals surface area contributed by atoms with Gasteiger partial charge in [0, 0.05) is 65.7 Å². The Hall–Kier alpha value is -4.72. The topological polar surface area (TPSA) is 142 Å². The third-order valence-electron chi connectivity index (χ3n) is 12.7. The van der Waals surface area contributed by atoms with Crippen LogP contribution in [0.25, 0.3) is 5.00 Å². The van der Waals surface area contributed by atoms with Gasteiger partial charge in [-0.05, 0) is 99.1 Å². The van der Waals surface area contributed by atoms with Gasteiger partial charge < -0.3 is 15.1 Å². The second-order valence-corrected chi connectivity index (χ2v) is 17.9. The number of imide groups is 1. The number of aromatic nitrogens is 3. The van der Waals surface area contributed by atoms with E-state index in [-0.39, 0.29) is 36.5 Å². The molecule has 6 heterocycles. The van der Waals surface area contributed by atoms with Crippen LogP contribution in [0, 0.1) is 26.2 Å². The average Bonchev–Trinajstić information content (AvgIpc) is 3.77. The van der Waals surface area contributed by atoms with Gasteiger partial charge in [-0.1, -0.05) is 35.9 Å². The first-order chi connectivity index (χ1) is 27.0. The summed E-state index contributed by atoms with van der Waals surface area (Å²) in [5.41, 5.74) is 7.21. The number of fused-ring (bicyclic) bond motifs is 4. The summed E-state index contributed by atoms with van der Waals surface area (Å²) in [6.07, 6.45) is 5.29. The molecule has 2 aromatic heterocycles. The third kappa shape index (κ3) is 6.56. The number of nitrogens with zero attached hydrogens (tertiary/aromatic N) is 6. The Bertz CT molecular complexity index is 2300. The second kappa shape index (κ2) is 14.3. The molecule has 4 aromatic rings. The van der Waals surface area contributed by atoms with Gasteiger partial charge >= 0.3 is 0 Å². The summed E-state index contributed by atoms with van der Waals surface area (Å²) >= 11 is 7.95. The Kier molecular flexibility index (Phi) is 9.45. The monoisotopic (exact) mass is 792 g/mol. The molecule has 9 rings (SSSR count). The molecule has 290 valence electrons. The zero-order chi connectivity index (χ0) is 38.9. The smallest absolute Gasteiger partial charge is 0.255 e. The van der Waals surface area contributed by atoms with Gasteiger partial charge in [0.05, 0.1) is 12.1 Å². The van der Waals surface area contributed by atoms with Crippen LogP contribution in [0.1, 0.15) is 112 Å². The number of carbonyl (C=O) groups excluding carboxylic acids is 4. The van der Waals surface area contributed by atoms with Gasteiger partial charge in [0.25, 0.3) is 5.91 Å². The molecule has 2 saturated heterocycles. The number of likely N-dealkylation sites (tertiary alicyclic amines) is 1. The Morgan fingerprint density at radius 1 is 1.02 bits per heavy atom. The first-order valence-corrected chi connectivity index (χ1v) is 20.8. The van der Waals surface area contributed by atoms with Crippen molar-refractivity contribution in [3.05, 3.63) is 97.4 Å². The summed E-state index contributed by atoms with van der Waals surface area (Å²) in [5.74, 6) is 1.04. The normalized spacial score (nSPS) is 21.9. The maximum absolute atomic E-state index is 13.5. The molecule has 2 N–H and O–H groups in total.